The Hall–Kier alpha value is -2.29. The van der Waals surface area contributed by atoms with Crippen molar-refractivity contribution in [2.75, 3.05) is 5.32 Å². The SMILES string of the molecule is Cc1ccc2c(c1)/C(=C/c1ccc[nH]1)C(=O)N2. The second-order valence-corrected chi connectivity index (χ2v) is 4.19. The number of benzene rings is 1. The summed E-state index contributed by atoms with van der Waals surface area (Å²) in [5.41, 5.74) is 4.66. The molecule has 1 aliphatic rings. The Kier molecular flexibility index (Phi) is 2.11. The Bertz CT molecular complexity index is 609. The number of H-pyrrole nitrogens is 1. The molecule has 0 bridgehead atoms. The fraction of sp³-hybridized carbons (Fsp3) is 0.0714. The third-order valence-corrected chi connectivity index (χ3v) is 2.88. The number of hydrogen-bond acceptors (Lipinski definition) is 1. The molecule has 0 saturated carbocycles. The average Bonchev–Trinajstić information content (AvgIpc) is 2.90. The molecule has 0 fully saturated rings. The van der Waals surface area contributed by atoms with Crippen molar-refractivity contribution in [3.63, 3.8) is 0 Å². The molecule has 3 rings (SSSR count). The summed E-state index contributed by atoms with van der Waals surface area (Å²) >= 11 is 0. The first-order valence-corrected chi connectivity index (χ1v) is 5.51. The van der Waals surface area contributed by atoms with Gasteiger partial charge in [0.2, 0.25) is 0 Å². The number of aryl methyl sites for hydroxylation is 1. The van der Waals surface area contributed by atoms with Gasteiger partial charge in [-0.2, -0.15) is 0 Å². The van der Waals surface area contributed by atoms with Crippen molar-refractivity contribution in [1.29, 1.82) is 0 Å². The molecule has 84 valence electrons. The van der Waals surface area contributed by atoms with Crippen molar-refractivity contribution in [2.45, 2.75) is 6.92 Å². The van der Waals surface area contributed by atoms with Crippen LogP contribution in [0.15, 0.2) is 36.5 Å². The van der Waals surface area contributed by atoms with Crippen LogP contribution >= 0.6 is 0 Å². The minimum absolute atomic E-state index is 0.0415. The highest BCUT2D eigenvalue weighted by atomic mass is 16.2. The number of aromatic nitrogens is 1. The van der Waals surface area contributed by atoms with Gasteiger partial charge in [-0.05, 0) is 37.3 Å². The van der Waals surface area contributed by atoms with Gasteiger partial charge in [-0.15, -0.1) is 0 Å². The summed E-state index contributed by atoms with van der Waals surface area (Å²) < 4.78 is 0. The summed E-state index contributed by atoms with van der Waals surface area (Å²) in [6.07, 6.45) is 3.72. The van der Waals surface area contributed by atoms with Gasteiger partial charge in [0, 0.05) is 23.1 Å². The summed E-state index contributed by atoms with van der Waals surface area (Å²) in [6.45, 7) is 2.02. The van der Waals surface area contributed by atoms with E-state index in [-0.39, 0.29) is 5.91 Å². The van der Waals surface area contributed by atoms with E-state index in [4.69, 9.17) is 0 Å². The molecule has 2 aromatic rings. The fourth-order valence-corrected chi connectivity index (χ4v) is 2.03. The monoisotopic (exact) mass is 224 g/mol. The van der Waals surface area contributed by atoms with Crippen LogP contribution in [0.3, 0.4) is 0 Å². The fourth-order valence-electron chi connectivity index (χ4n) is 2.03. The maximum Gasteiger partial charge on any atom is 0.256 e. The number of aromatic amines is 1. The lowest BCUT2D eigenvalue weighted by molar-refractivity contribution is -0.110. The van der Waals surface area contributed by atoms with Crippen LogP contribution in [0.2, 0.25) is 0 Å². The van der Waals surface area contributed by atoms with Crippen molar-refractivity contribution in [3.8, 4) is 0 Å². The molecule has 17 heavy (non-hydrogen) atoms. The van der Waals surface area contributed by atoms with Gasteiger partial charge in [-0.3, -0.25) is 4.79 Å². The molecule has 3 nitrogen and oxygen atoms in total. The Morgan fingerprint density at radius 2 is 2.12 bits per heavy atom. The minimum atomic E-state index is -0.0415. The van der Waals surface area contributed by atoms with E-state index in [1.165, 1.54) is 0 Å². The lowest BCUT2D eigenvalue weighted by Crippen LogP contribution is -2.03. The first-order valence-electron chi connectivity index (χ1n) is 5.51. The largest absolute Gasteiger partial charge is 0.362 e. The van der Waals surface area contributed by atoms with Crippen LogP contribution in [-0.4, -0.2) is 10.9 Å². The van der Waals surface area contributed by atoms with E-state index in [9.17, 15) is 4.79 Å². The average molecular weight is 224 g/mol. The molecule has 0 spiro atoms. The normalized spacial score (nSPS) is 16.1. The van der Waals surface area contributed by atoms with E-state index >= 15 is 0 Å². The maximum absolute atomic E-state index is 11.9. The third-order valence-electron chi connectivity index (χ3n) is 2.88. The minimum Gasteiger partial charge on any atom is -0.362 e. The van der Waals surface area contributed by atoms with Crippen molar-refractivity contribution in [3.05, 3.63) is 53.3 Å². The van der Waals surface area contributed by atoms with Gasteiger partial charge >= 0.3 is 0 Å². The van der Waals surface area contributed by atoms with Crippen LogP contribution in [0.4, 0.5) is 5.69 Å². The Balaban J connectivity index is 2.13. The standard InChI is InChI=1S/C14H12N2O/c1-9-4-5-13-11(7-9)12(14(17)16-13)8-10-3-2-6-15-10/h2-8,15H,1H3,(H,16,17)/b12-8-. The van der Waals surface area contributed by atoms with Gasteiger partial charge in [0.05, 0.1) is 5.57 Å². The molecule has 2 N–H and O–H groups in total. The zero-order valence-corrected chi connectivity index (χ0v) is 9.45. The van der Waals surface area contributed by atoms with E-state index in [0.29, 0.717) is 5.57 Å². The Morgan fingerprint density at radius 1 is 1.24 bits per heavy atom. The number of hydrogen-bond donors (Lipinski definition) is 2. The zero-order chi connectivity index (χ0) is 11.8. The van der Waals surface area contributed by atoms with Crippen LogP contribution in [-0.2, 0) is 4.79 Å². The van der Waals surface area contributed by atoms with Crippen molar-refractivity contribution >= 4 is 23.2 Å². The highest BCUT2D eigenvalue weighted by Crippen LogP contribution is 2.33. The van der Waals surface area contributed by atoms with E-state index in [1.807, 2.05) is 49.5 Å². The molecule has 3 heteroatoms. The van der Waals surface area contributed by atoms with Gasteiger partial charge in [0.15, 0.2) is 0 Å². The van der Waals surface area contributed by atoms with Crippen LogP contribution in [0.1, 0.15) is 16.8 Å². The lowest BCUT2D eigenvalue weighted by atomic mass is 10.0. The van der Waals surface area contributed by atoms with Crippen LogP contribution in [0.5, 0.6) is 0 Å². The number of fused-ring (bicyclic) bond motifs is 1. The molecule has 0 aliphatic carbocycles. The first kappa shape index (κ1) is 9.90. The molecule has 0 atom stereocenters. The summed E-state index contributed by atoms with van der Waals surface area (Å²) in [6, 6.07) is 9.82. The van der Waals surface area contributed by atoms with Crippen molar-refractivity contribution in [1.82, 2.24) is 4.98 Å². The predicted molar refractivity (Wildman–Crippen MR) is 68.5 cm³/mol. The number of amides is 1. The highest BCUT2D eigenvalue weighted by molar-refractivity contribution is 6.34. The molecule has 1 aliphatic heterocycles. The summed E-state index contributed by atoms with van der Waals surface area (Å²) in [4.78, 5) is 14.9. The number of anilines is 1. The molecule has 1 amide bonds. The van der Waals surface area contributed by atoms with E-state index < -0.39 is 0 Å². The molecule has 0 unspecified atom stereocenters. The summed E-state index contributed by atoms with van der Waals surface area (Å²) in [7, 11) is 0. The van der Waals surface area contributed by atoms with E-state index in [1.54, 1.807) is 0 Å². The number of carbonyl (C=O) groups excluding carboxylic acids is 1. The third kappa shape index (κ3) is 1.65. The van der Waals surface area contributed by atoms with E-state index in [2.05, 4.69) is 10.3 Å². The van der Waals surface area contributed by atoms with Gasteiger partial charge in [0.25, 0.3) is 5.91 Å². The smallest absolute Gasteiger partial charge is 0.256 e. The van der Waals surface area contributed by atoms with Crippen LogP contribution in [0.25, 0.3) is 11.6 Å². The number of rotatable bonds is 1. The maximum atomic E-state index is 11.9. The van der Waals surface area contributed by atoms with Crippen molar-refractivity contribution < 1.29 is 4.79 Å². The lowest BCUT2D eigenvalue weighted by Gasteiger charge is -1.99. The van der Waals surface area contributed by atoms with Crippen LogP contribution < -0.4 is 5.32 Å². The van der Waals surface area contributed by atoms with Gasteiger partial charge in [-0.1, -0.05) is 11.6 Å². The topological polar surface area (TPSA) is 44.9 Å². The van der Waals surface area contributed by atoms with Gasteiger partial charge in [-0.25, -0.2) is 0 Å². The second-order valence-electron chi connectivity index (χ2n) is 4.19. The molecule has 1 aromatic carbocycles. The van der Waals surface area contributed by atoms with Crippen LogP contribution in [0, 0.1) is 6.92 Å². The summed E-state index contributed by atoms with van der Waals surface area (Å²) in [5.74, 6) is -0.0415. The number of nitrogens with one attached hydrogen (secondary N) is 2. The predicted octanol–water partition coefficient (Wildman–Crippen LogP) is 2.82. The quantitative estimate of drug-likeness (QED) is 0.719. The van der Waals surface area contributed by atoms with Crippen molar-refractivity contribution in [2.24, 2.45) is 0 Å². The van der Waals surface area contributed by atoms with Gasteiger partial charge in [0.1, 0.15) is 0 Å². The molecular weight excluding hydrogens is 212 g/mol. The second kappa shape index (κ2) is 3.63. The Morgan fingerprint density at radius 3 is 2.88 bits per heavy atom. The molecule has 1 aromatic heterocycles. The first-order chi connectivity index (χ1) is 8.24. The summed E-state index contributed by atoms with van der Waals surface area (Å²) in [5, 5.41) is 2.87. The molecule has 2 heterocycles. The zero-order valence-electron chi connectivity index (χ0n) is 9.45. The molecular formula is C14H12N2O. The molecule has 0 radical (unpaired) electrons. The highest BCUT2D eigenvalue weighted by Gasteiger charge is 2.23. The van der Waals surface area contributed by atoms with E-state index in [0.717, 1.165) is 22.5 Å². The molecule has 0 saturated heterocycles. The Labute approximate surface area is 99.2 Å². The number of carbonyl (C=O) groups is 1. The van der Waals surface area contributed by atoms with Gasteiger partial charge < -0.3 is 10.3 Å².